The third kappa shape index (κ3) is 2.40. The average molecular weight is 237 g/mol. The van der Waals surface area contributed by atoms with E-state index in [9.17, 15) is 9.18 Å². The van der Waals surface area contributed by atoms with E-state index in [1.807, 2.05) is 13.8 Å². The molecule has 0 aliphatic heterocycles. The smallest absolute Gasteiger partial charge is 0.228 e. The van der Waals surface area contributed by atoms with E-state index >= 15 is 0 Å². The molecule has 0 spiro atoms. The van der Waals surface area contributed by atoms with Crippen molar-refractivity contribution in [3.63, 3.8) is 0 Å². The molecule has 92 valence electrons. The lowest BCUT2D eigenvalue weighted by Gasteiger charge is -2.10. The van der Waals surface area contributed by atoms with Crippen LogP contribution in [0.5, 0.6) is 5.75 Å². The minimum Gasteiger partial charge on any atom is -0.495 e. The molecule has 3 nitrogen and oxygen atoms in total. The van der Waals surface area contributed by atoms with Gasteiger partial charge >= 0.3 is 0 Å². The van der Waals surface area contributed by atoms with E-state index in [4.69, 9.17) is 4.74 Å². The average Bonchev–Trinajstić information content (AvgIpc) is 2.88. The van der Waals surface area contributed by atoms with Crippen LogP contribution >= 0.6 is 0 Å². The van der Waals surface area contributed by atoms with E-state index in [0.717, 1.165) is 6.42 Å². The van der Waals surface area contributed by atoms with Gasteiger partial charge in [0.15, 0.2) is 0 Å². The van der Waals surface area contributed by atoms with E-state index < -0.39 is 5.82 Å². The summed E-state index contributed by atoms with van der Waals surface area (Å²) < 4.78 is 18.2. The van der Waals surface area contributed by atoms with E-state index in [0.29, 0.717) is 11.4 Å². The topological polar surface area (TPSA) is 38.3 Å². The second-order valence-electron chi connectivity index (χ2n) is 5.08. The summed E-state index contributed by atoms with van der Waals surface area (Å²) in [6.07, 6.45) is 0.871. The molecule has 1 aliphatic rings. The van der Waals surface area contributed by atoms with Crippen molar-refractivity contribution < 1.29 is 13.9 Å². The summed E-state index contributed by atoms with van der Waals surface area (Å²) in [4.78, 5) is 11.9. The zero-order chi connectivity index (χ0) is 12.6. The molecule has 0 aromatic heterocycles. The van der Waals surface area contributed by atoms with Gasteiger partial charge in [-0.25, -0.2) is 4.39 Å². The van der Waals surface area contributed by atoms with Crippen molar-refractivity contribution in [2.75, 3.05) is 12.4 Å². The molecule has 1 unspecified atom stereocenters. The summed E-state index contributed by atoms with van der Waals surface area (Å²) in [7, 11) is 1.49. The third-order valence-electron chi connectivity index (χ3n) is 3.25. The number of anilines is 1. The molecule has 1 aromatic rings. The summed E-state index contributed by atoms with van der Waals surface area (Å²) in [5.41, 5.74) is 0.449. The first-order valence-electron chi connectivity index (χ1n) is 5.58. The first-order chi connectivity index (χ1) is 7.94. The van der Waals surface area contributed by atoms with Crippen molar-refractivity contribution in [1.82, 2.24) is 0 Å². The molecule has 1 N–H and O–H groups in total. The maximum atomic E-state index is 13.1. The number of carbonyl (C=O) groups excluding carboxylic acids is 1. The monoisotopic (exact) mass is 237 g/mol. The van der Waals surface area contributed by atoms with Gasteiger partial charge in [0.2, 0.25) is 5.91 Å². The van der Waals surface area contributed by atoms with E-state index in [-0.39, 0.29) is 17.2 Å². The Labute approximate surface area is 100.0 Å². The van der Waals surface area contributed by atoms with E-state index in [2.05, 4.69) is 5.32 Å². The van der Waals surface area contributed by atoms with Crippen LogP contribution in [0.1, 0.15) is 20.3 Å². The van der Waals surface area contributed by atoms with Crippen LogP contribution in [-0.4, -0.2) is 13.0 Å². The highest BCUT2D eigenvalue weighted by Gasteiger charge is 2.50. The minimum atomic E-state index is -0.392. The standard InChI is InChI=1S/C13H16FNO2/c1-13(2)7-9(13)12(16)15-10-6-8(14)4-5-11(10)17-3/h4-6,9H,7H2,1-3H3,(H,15,16). The summed E-state index contributed by atoms with van der Waals surface area (Å²) >= 11 is 0. The molecule has 0 bridgehead atoms. The van der Waals surface area contributed by atoms with Crippen LogP contribution in [0.3, 0.4) is 0 Å². The van der Waals surface area contributed by atoms with Crippen molar-refractivity contribution in [3.05, 3.63) is 24.0 Å². The van der Waals surface area contributed by atoms with Crippen LogP contribution < -0.4 is 10.1 Å². The molecule has 17 heavy (non-hydrogen) atoms. The van der Waals surface area contributed by atoms with Crippen LogP contribution in [0.15, 0.2) is 18.2 Å². The van der Waals surface area contributed by atoms with Crippen molar-refractivity contribution >= 4 is 11.6 Å². The number of amides is 1. The molecule has 1 fully saturated rings. The van der Waals surface area contributed by atoms with Gasteiger partial charge in [0.25, 0.3) is 0 Å². The molecule has 1 saturated carbocycles. The molecular formula is C13H16FNO2. The summed E-state index contributed by atoms with van der Waals surface area (Å²) in [6.45, 7) is 4.08. The molecule has 0 radical (unpaired) electrons. The number of hydrogen-bond acceptors (Lipinski definition) is 2. The Morgan fingerprint density at radius 3 is 2.71 bits per heavy atom. The zero-order valence-electron chi connectivity index (χ0n) is 10.2. The number of hydrogen-bond donors (Lipinski definition) is 1. The number of nitrogens with one attached hydrogen (secondary N) is 1. The van der Waals surface area contributed by atoms with Gasteiger partial charge in [0, 0.05) is 12.0 Å². The first-order valence-corrected chi connectivity index (χ1v) is 5.58. The summed E-state index contributed by atoms with van der Waals surface area (Å²) in [5, 5.41) is 2.72. The SMILES string of the molecule is COc1ccc(F)cc1NC(=O)C1CC1(C)C. The lowest BCUT2D eigenvalue weighted by molar-refractivity contribution is -0.118. The van der Waals surface area contributed by atoms with Crippen LogP contribution in [0.25, 0.3) is 0 Å². The Balaban J connectivity index is 2.13. The molecule has 2 rings (SSSR count). The normalized spacial score (nSPS) is 20.8. The number of ether oxygens (including phenoxy) is 1. The highest BCUT2D eigenvalue weighted by atomic mass is 19.1. The van der Waals surface area contributed by atoms with Crippen molar-refractivity contribution in [1.29, 1.82) is 0 Å². The molecule has 1 aliphatic carbocycles. The van der Waals surface area contributed by atoms with Crippen molar-refractivity contribution in [2.45, 2.75) is 20.3 Å². The van der Waals surface area contributed by atoms with Gasteiger partial charge < -0.3 is 10.1 Å². The van der Waals surface area contributed by atoms with Crippen LogP contribution in [0, 0.1) is 17.2 Å². The fraction of sp³-hybridized carbons (Fsp3) is 0.462. The lowest BCUT2D eigenvalue weighted by Crippen LogP contribution is -2.17. The number of benzene rings is 1. The Bertz CT molecular complexity index is 457. The Morgan fingerprint density at radius 1 is 1.53 bits per heavy atom. The van der Waals surface area contributed by atoms with Gasteiger partial charge in [-0.1, -0.05) is 13.8 Å². The zero-order valence-corrected chi connectivity index (χ0v) is 10.2. The highest BCUT2D eigenvalue weighted by molar-refractivity contribution is 5.96. The molecular weight excluding hydrogens is 221 g/mol. The van der Waals surface area contributed by atoms with E-state index in [1.165, 1.54) is 25.3 Å². The maximum Gasteiger partial charge on any atom is 0.228 e. The van der Waals surface area contributed by atoms with Crippen LogP contribution in [-0.2, 0) is 4.79 Å². The molecule has 4 heteroatoms. The molecule has 0 saturated heterocycles. The summed E-state index contributed by atoms with van der Waals surface area (Å²) in [6, 6.07) is 4.07. The predicted molar refractivity (Wildman–Crippen MR) is 63.5 cm³/mol. The lowest BCUT2D eigenvalue weighted by atomic mass is 10.1. The second-order valence-corrected chi connectivity index (χ2v) is 5.08. The number of rotatable bonds is 3. The first kappa shape index (κ1) is 11.9. The van der Waals surface area contributed by atoms with Crippen molar-refractivity contribution in [3.8, 4) is 5.75 Å². The van der Waals surface area contributed by atoms with Gasteiger partial charge in [-0.3, -0.25) is 4.79 Å². The molecule has 0 heterocycles. The van der Waals surface area contributed by atoms with Crippen molar-refractivity contribution in [2.24, 2.45) is 11.3 Å². The maximum absolute atomic E-state index is 13.1. The van der Waals surface area contributed by atoms with E-state index in [1.54, 1.807) is 0 Å². The van der Waals surface area contributed by atoms with Gasteiger partial charge in [-0.15, -0.1) is 0 Å². The summed E-state index contributed by atoms with van der Waals surface area (Å²) in [5.74, 6) is 0.0173. The fourth-order valence-corrected chi connectivity index (χ4v) is 1.91. The Hall–Kier alpha value is -1.58. The number of carbonyl (C=O) groups is 1. The third-order valence-corrected chi connectivity index (χ3v) is 3.25. The number of halogens is 1. The fourth-order valence-electron chi connectivity index (χ4n) is 1.91. The molecule has 1 amide bonds. The second kappa shape index (κ2) is 4.02. The highest BCUT2D eigenvalue weighted by Crippen LogP contribution is 2.52. The van der Waals surface area contributed by atoms with Gasteiger partial charge in [-0.2, -0.15) is 0 Å². The Morgan fingerprint density at radius 2 is 2.18 bits per heavy atom. The predicted octanol–water partition coefficient (Wildman–Crippen LogP) is 2.82. The van der Waals surface area contributed by atoms with Crippen LogP contribution in [0.2, 0.25) is 0 Å². The van der Waals surface area contributed by atoms with Crippen LogP contribution in [0.4, 0.5) is 10.1 Å². The molecule has 1 aromatic carbocycles. The largest absolute Gasteiger partial charge is 0.495 e. The molecule has 1 atom stereocenters. The van der Waals surface area contributed by atoms with Gasteiger partial charge in [0.05, 0.1) is 12.8 Å². The quantitative estimate of drug-likeness (QED) is 0.877. The Kier molecular flexibility index (Phi) is 2.81. The van der Waals surface area contributed by atoms with Gasteiger partial charge in [-0.05, 0) is 24.0 Å². The van der Waals surface area contributed by atoms with Gasteiger partial charge in [0.1, 0.15) is 11.6 Å². The minimum absolute atomic E-state index is 0.00970. The number of methoxy groups -OCH3 is 1.